The molecule has 10 heterocycles. The molecule has 0 N–H and O–H groups in total. The number of benzene rings is 11. The molecular formula is C132H164N6O4S5. The molecule has 9 aromatic heterocycles. The van der Waals surface area contributed by atoms with Crippen LogP contribution in [0.25, 0.3) is 138 Å². The molecule has 0 aliphatic carbocycles. The van der Waals surface area contributed by atoms with Crippen LogP contribution in [-0.2, 0) is 82.4 Å². The highest BCUT2D eigenvalue weighted by Gasteiger charge is 2.32. The van der Waals surface area contributed by atoms with Gasteiger partial charge in [-0.1, -0.05) is 389 Å². The van der Waals surface area contributed by atoms with Crippen molar-refractivity contribution in [1.82, 2.24) is 29.9 Å². The highest BCUT2D eigenvalue weighted by molar-refractivity contribution is 7.26. The summed E-state index contributed by atoms with van der Waals surface area (Å²) in [6.07, 6.45) is 0. The maximum absolute atomic E-state index is 6.12. The standard InChI is InChI=1S/C21H26O.C20H24N2.C20H24O.C20H24S.C18H22S2.C16H20N2O2.C16H20N2S2.CH4/c1-20(2,3)15-7-9-17-14(11-15)13-22-19-12-16(21(4,5)6)8-10-18(17)19;1-19(2,3)13-7-9-15-17(11-13)21-16-10-8-14(20(4,5)6)12-18(16)22-15;2*1-19(2,3)13-7-9-15-16-10-8-14(20(4,5)6)12-18(16)21-17(15)11-13;1-17(2,3)15-9-11-7-14-12(8-13(11)19-15)10-16(20-14)18(4,5)6;2*1-15(2,3)13-17-9-7-12-10(8-11(9)19-13)18-14(20-12)16(4,5)6;/h7-12H,13H2,1-6H3;7-12H,1-6H3;2*7-12H,1-6H3;7-10H,1-6H3;2*7-8H,1-6H3;1H4. The van der Waals surface area contributed by atoms with Crippen LogP contribution in [0.4, 0.5) is 0 Å². The number of nitrogens with zero attached hydrogens (tertiary/aromatic N) is 6. The van der Waals surface area contributed by atoms with Gasteiger partial charge in [0.05, 0.1) is 52.5 Å². The number of hydrogen-bond acceptors (Lipinski definition) is 15. The first kappa shape index (κ1) is 112. The fourth-order valence-electron chi connectivity index (χ4n) is 17.2. The molecule has 10 nitrogen and oxygen atoms in total. The van der Waals surface area contributed by atoms with Crippen LogP contribution in [0.5, 0.6) is 5.75 Å². The molecule has 0 fully saturated rings. The molecule has 1 aliphatic rings. The number of ether oxygens (including phenoxy) is 1. The Balaban J connectivity index is 0.000000135. The number of aromatic nitrogens is 6. The van der Waals surface area contributed by atoms with E-state index in [0.717, 1.165) is 84.0 Å². The van der Waals surface area contributed by atoms with E-state index in [2.05, 4.69) is 483 Å². The Labute approximate surface area is 897 Å². The molecule has 0 unspecified atom stereocenters. The van der Waals surface area contributed by atoms with Crippen molar-refractivity contribution in [2.75, 3.05) is 0 Å². The van der Waals surface area contributed by atoms with Crippen LogP contribution in [0.3, 0.4) is 0 Å². The van der Waals surface area contributed by atoms with Crippen LogP contribution < -0.4 is 4.74 Å². The molecule has 0 spiro atoms. The SMILES string of the molecule is C.CC(C)(C)c1cc2cc3sc(C(C)(C)C)cc3cc2s1.CC(C)(C)c1ccc2c(c1)COc1cc(C(C)(C)C)ccc1-2.CC(C)(C)c1ccc2c(c1)oc1cc(C(C)(C)C)ccc12.CC(C)(C)c1ccc2c(c1)sc1cc(C(C)(C)C)ccc12.CC(C)(C)c1ccc2nc3cc(C(C)(C)C)ccc3nc2c1.CC(C)(C)c1nc2cc3oc(C(C)(C)C)nc3cc2o1.CC(C)(C)c1nc2cc3sc(C(C)(C)C)nc3cc2s1. The van der Waals surface area contributed by atoms with E-state index in [9.17, 15) is 0 Å². The maximum atomic E-state index is 6.12. The summed E-state index contributed by atoms with van der Waals surface area (Å²) >= 11 is 9.38. The van der Waals surface area contributed by atoms with Crippen LogP contribution in [0, 0.1) is 0 Å². The van der Waals surface area contributed by atoms with E-state index in [1.165, 1.54) is 141 Å². The second-order valence-corrected chi connectivity index (χ2v) is 60.2. The van der Waals surface area contributed by atoms with E-state index < -0.39 is 0 Å². The molecule has 0 saturated carbocycles. The largest absolute Gasteiger partial charge is 0.488 e. The van der Waals surface area contributed by atoms with Gasteiger partial charge in [-0.15, -0.1) is 56.7 Å². The Bertz CT molecular complexity index is 7160. The lowest BCUT2D eigenvalue weighted by Gasteiger charge is -2.27. The van der Waals surface area contributed by atoms with Gasteiger partial charge in [0.1, 0.15) is 34.6 Å². The Hall–Kier alpha value is -10.5. The zero-order chi connectivity index (χ0) is 107. The van der Waals surface area contributed by atoms with Crippen molar-refractivity contribution in [1.29, 1.82) is 0 Å². The molecule has 0 saturated heterocycles. The molecule has 0 amide bonds. The van der Waals surface area contributed by atoms with Gasteiger partial charge in [0.15, 0.2) is 11.2 Å². The summed E-state index contributed by atoms with van der Waals surface area (Å²) in [6.45, 7) is 94.0. The third kappa shape index (κ3) is 25.7. The molecule has 0 atom stereocenters. The Morgan fingerprint density at radius 1 is 0.204 bits per heavy atom. The number of oxazole rings is 2. The smallest absolute Gasteiger partial charge is 0.200 e. The topological polar surface area (TPSA) is 126 Å². The van der Waals surface area contributed by atoms with Crippen molar-refractivity contribution in [2.45, 2.75) is 381 Å². The van der Waals surface area contributed by atoms with Crippen molar-refractivity contribution in [3.8, 4) is 16.9 Å². The van der Waals surface area contributed by atoms with Crippen LogP contribution >= 0.6 is 56.7 Å². The summed E-state index contributed by atoms with van der Waals surface area (Å²) in [4.78, 5) is 31.3. The number of fused-ring (bicyclic) bond motifs is 17. The molecule has 20 aromatic rings. The number of rotatable bonds is 0. The van der Waals surface area contributed by atoms with E-state index in [-0.39, 0.29) is 83.2 Å². The zero-order valence-electron chi connectivity index (χ0n) is 95.5. The van der Waals surface area contributed by atoms with Crippen molar-refractivity contribution in [2.24, 2.45) is 0 Å². The average molecular weight is 2060 g/mol. The summed E-state index contributed by atoms with van der Waals surface area (Å²) in [5, 5.41) is 10.4. The fraction of sp³-hybridized carbons (Fsp3) is 0.439. The lowest BCUT2D eigenvalue weighted by atomic mass is 9.82. The highest BCUT2D eigenvalue weighted by Crippen LogP contribution is 2.48. The van der Waals surface area contributed by atoms with Gasteiger partial charge in [-0.05, 0) is 212 Å². The number of thiazole rings is 2. The van der Waals surface area contributed by atoms with Gasteiger partial charge in [-0.2, -0.15) is 0 Å². The maximum Gasteiger partial charge on any atom is 0.200 e. The van der Waals surface area contributed by atoms with Gasteiger partial charge in [0.25, 0.3) is 0 Å². The monoisotopic (exact) mass is 2060 g/mol. The number of furan rings is 1. The van der Waals surface area contributed by atoms with E-state index in [1.807, 2.05) is 46.1 Å². The van der Waals surface area contributed by atoms with E-state index >= 15 is 0 Å². The Kier molecular flexibility index (Phi) is 30.5. The van der Waals surface area contributed by atoms with Crippen LogP contribution in [0.2, 0.25) is 0 Å². The molecule has 0 radical (unpaired) electrons. The number of hydrogen-bond donors (Lipinski definition) is 0. The summed E-state index contributed by atoms with van der Waals surface area (Å²) in [6, 6.07) is 71.1. The van der Waals surface area contributed by atoms with Gasteiger partial charge in [-0.25, -0.2) is 29.9 Å². The van der Waals surface area contributed by atoms with Crippen molar-refractivity contribution in [3.05, 3.63) is 276 Å². The molecule has 1 aliphatic heterocycles. The second kappa shape index (κ2) is 40.0. The minimum atomic E-state index is -0.107. The van der Waals surface area contributed by atoms with Gasteiger partial charge >= 0.3 is 0 Å². The van der Waals surface area contributed by atoms with Crippen molar-refractivity contribution >= 4 is 184 Å². The van der Waals surface area contributed by atoms with E-state index in [1.54, 1.807) is 22.7 Å². The summed E-state index contributed by atoms with van der Waals surface area (Å²) < 4.78 is 32.0. The first-order valence-electron chi connectivity index (χ1n) is 52.1. The van der Waals surface area contributed by atoms with E-state index in [0.29, 0.717) is 6.61 Å². The molecule has 15 heteroatoms. The third-order valence-electron chi connectivity index (χ3n) is 27.1. The van der Waals surface area contributed by atoms with Crippen LogP contribution in [0.15, 0.2) is 207 Å². The van der Waals surface area contributed by atoms with Crippen molar-refractivity contribution in [3.63, 3.8) is 0 Å². The summed E-state index contributed by atoms with van der Waals surface area (Å²) in [5.74, 6) is 2.48. The molecule has 11 aromatic carbocycles. The zero-order valence-corrected chi connectivity index (χ0v) is 99.6. The molecule has 0 bridgehead atoms. The predicted molar refractivity (Wildman–Crippen MR) is 646 cm³/mol. The number of thiophene rings is 3. The average Bonchev–Trinajstić information content (AvgIpc) is 1.74. The molecule has 147 heavy (non-hydrogen) atoms. The molecule has 21 rings (SSSR count). The highest BCUT2D eigenvalue weighted by atomic mass is 32.1. The van der Waals surface area contributed by atoms with Gasteiger partial charge in [0.2, 0.25) is 11.8 Å². The summed E-state index contributed by atoms with van der Waals surface area (Å²) in [7, 11) is 0. The van der Waals surface area contributed by atoms with E-state index in [4.69, 9.17) is 37.9 Å². The van der Waals surface area contributed by atoms with Crippen molar-refractivity contribution < 1.29 is 18.0 Å². The second-order valence-electron chi connectivity index (χ2n) is 54.9. The lowest BCUT2D eigenvalue weighted by Crippen LogP contribution is -2.15. The lowest BCUT2D eigenvalue weighted by molar-refractivity contribution is 0.301. The normalized spacial score (nSPS) is 13.3. The van der Waals surface area contributed by atoms with Crippen LogP contribution in [0.1, 0.15) is 380 Å². The summed E-state index contributed by atoms with van der Waals surface area (Å²) in [5.41, 5.74) is 27.6. The van der Waals surface area contributed by atoms with Gasteiger partial charge in [0, 0.05) is 89.5 Å². The predicted octanol–water partition coefficient (Wildman–Crippen LogP) is 41.5. The Morgan fingerprint density at radius 3 is 0.871 bits per heavy atom. The van der Waals surface area contributed by atoms with Gasteiger partial charge in [-0.3, -0.25) is 0 Å². The van der Waals surface area contributed by atoms with Gasteiger partial charge < -0.3 is 18.0 Å². The first-order chi connectivity index (χ1) is 67.1. The minimum Gasteiger partial charge on any atom is -0.488 e. The minimum absolute atomic E-state index is 0. The molecule has 776 valence electrons. The fourth-order valence-corrected chi connectivity index (χ4v) is 22.8. The first-order valence-corrected chi connectivity index (χ1v) is 56.2. The quantitative estimate of drug-likeness (QED) is 0.135. The Morgan fingerprint density at radius 2 is 0.524 bits per heavy atom. The molecular weight excluding hydrogens is 1890 g/mol. The third-order valence-corrected chi connectivity index (χ3v) is 34.1. The van der Waals surface area contributed by atoms with Crippen LogP contribution in [-0.4, -0.2) is 29.9 Å².